The molecule has 120 valence electrons. The highest BCUT2D eigenvalue weighted by Gasteiger charge is 2.17. The van der Waals surface area contributed by atoms with E-state index in [1.807, 2.05) is 6.07 Å². The van der Waals surface area contributed by atoms with Gasteiger partial charge in [0, 0.05) is 5.39 Å². The summed E-state index contributed by atoms with van der Waals surface area (Å²) in [7, 11) is 0. The molecule has 0 spiro atoms. The molecule has 0 aliphatic rings. The number of amides is 1. The summed E-state index contributed by atoms with van der Waals surface area (Å²) >= 11 is 4.46. The number of para-hydroxylation sites is 1. The van der Waals surface area contributed by atoms with E-state index < -0.39 is 18.5 Å². The Hall–Kier alpha value is -2.63. The maximum atomic E-state index is 12.0. The Labute approximate surface area is 148 Å². The van der Waals surface area contributed by atoms with E-state index in [0.29, 0.717) is 15.8 Å². The zero-order chi connectivity index (χ0) is 17.1. The molecule has 1 amide bonds. The number of fused-ring (bicyclic) bond motifs is 1. The van der Waals surface area contributed by atoms with Gasteiger partial charge in [-0.1, -0.05) is 12.1 Å². The van der Waals surface area contributed by atoms with Crippen LogP contribution in [0.5, 0.6) is 0 Å². The van der Waals surface area contributed by atoms with Crippen molar-refractivity contribution in [2.45, 2.75) is 0 Å². The molecule has 0 radical (unpaired) electrons. The second-order valence-electron chi connectivity index (χ2n) is 4.64. The van der Waals surface area contributed by atoms with Crippen LogP contribution >= 0.6 is 27.3 Å². The van der Waals surface area contributed by atoms with E-state index in [0.717, 1.165) is 3.79 Å². The summed E-state index contributed by atoms with van der Waals surface area (Å²) < 4.78 is 11.1. The molecule has 6 nitrogen and oxygen atoms in total. The fraction of sp³-hybridized carbons (Fsp3) is 0.0625. The molecule has 0 fully saturated rings. The summed E-state index contributed by atoms with van der Waals surface area (Å²) in [6, 6.07) is 12.2. The predicted molar refractivity (Wildman–Crippen MR) is 91.9 cm³/mol. The van der Waals surface area contributed by atoms with Crippen LogP contribution in [0.1, 0.15) is 15.4 Å². The number of hydrogen-bond acceptors (Lipinski definition) is 6. The van der Waals surface area contributed by atoms with Gasteiger partial charge >= 0.3 is 5.97 Å². The molecular weight excluding hydrogens is 396 g/mol. The van der Waals surface area contributed by atoms with Crippen molar-refractivity contribution < 1.29 is 18.7 Å². The summed E-state index contributed by atoms with van der Waals surface area (Å²) in [5.74, 6) is -1.14. The molecule has 0 unspecified atom stereocenters. The molecule has 24 heavy (non-hydrogen) atoms. The number of nitrogens with zero attached hydrogens (tertiary/aromatic N) is 1. The Balaban J connectivity index is 1.69. The van der Waals surface area contributed by atoms with E-state index in [-0.39, 0.29) is 11.4 Å². The summed E-state index contributed by atoms with van der Waals surface area (Å²) in [4.78, 5) is 24.2. The number of carbonyl (C=O) groups is 2. The van der Waals surface area contributed by atoms with Crippen LogP contribution in [0.3, 0.4) is 0 Å². The van der Waals surface area contributed by atoms with Crippen molar-refractivity contribution in [3.05, 3.63) is 50.8 Å². The smallest absolute Gasteiger partial charge is 0.348 e. The van der Waals surface area contributed by atoms with Crippen LogP contribution in [-0.4, -0.2) is 18.5 Å². The van der Waals surface area contributed by atoms with Gasteiger partial charge in [0.05, 0.1) is 3.79 Å². The minimum absolute atomic E-state index is 0.00179. The van der Waals surface area contributed by atoms with Crippen molar-refractivity contribution in [3.63, 3.8) is 0 Å². The molecule has 0 bridgehead atoms. The third kappa shape index (κ3) is 3.32. The van der Waals surface area contributed by atoms with E-state index >= 15 is 0 Å². The fourth-order valence-corrected chi connectivity index (χ4v) is 3.33. The molecule has 2 heterocycles. The average Bonchev–Trinajstić information content (AvgIpc) is 3.17. The lowest BCUT2D eigenvalue weighted by Crippen LogP contribution is -2.20. The molecule has 0 aliphatic carbocycles. The third-order valence-electron chi connectivity index (χ3n) is 3.07. The SMILES string of the molecule is N#Cc1oc2ccccc2c1NC(=O)COC(=O)c1ccc(Br)s1. The summed E-state index contributed by atoms with van der Waals surface area (Å²) in [6.07, 6.45) is 0. The highest BCUT2D eigenvalue weighted by Crippen LogP contribution is 2.30. The number of thiophene rings is 1. The van der Waals surface area contributed by atoms with Crippen LogP contribution in [0, 0.1) is 11.3 Å². The molecule has 3 aromatic rings. The van der Waals surface area contributed by atoms with Crippen molar-refractivity contribution in [1.82, 2.24) is 0 Å². The van der Waals surface area contributed by atoms with Crippen LogP contribution in [0.25, 0.3) is 11.0 Å². The standard InChI is InChI=1S/C16H9BrN2O4S/c17-13-6-5-12(24-13)16(21)22-8-14(20)19-15-9-3-1-2-4-10(9)23-11(15)7-18/h1-6H,8H2,(H,19,20). The second kappa shape index (κ2) is 6.86. The number of hydrogen-bond donors (Lipinski definition) is 1. The van der Waals surface area contributed by atoms with Gasteiger partial charge in [0.2, 0.25) is 5.76 Å². The maximum Gasteiger partial charge on any atom is 0.348 e. The van der Waals surface area contributed by atoms with E-state index in [4.69, 9.17) is 14.4 Å². The Morgan fingerprint density at radius 1 is 1.29 bits per heavy atom. The van der Waals surface area contributed by atoms with Crippen molar-refractivity contribution in [2.75, 3.05) is 11.9 Å². The molecule has 0 saturated heterocycles. The number of nitrogens with one attached hydrogen (secondary N) is 1. The number of benzene rings is 1. The fourth-order valence-electron chi connectivity index (χ4n) is 2.05. The van der Waals surface area contributed by atoms with E-state index in [1.54, 1.807) is 36.4 Å². The van der Waals surface area contributed by atoms with Crippen molar-refractivity contribution >= 4 is 55.8 Å². The number of halogens is 1. The average molecular weight is 405 g/mol. The number of esters is 1. The number of nitriles is 1. The minimum Gasteiger partial charge on any atom is -0.451 e. The first-order valence-electron chi connectivity index (χ1n) is 6.72. The van der Waals surface area contributed by atoms with Crippen molar-refractivity contribution in [3.8, 4) is 6.07 Å². The quantitative estimate of drug-likeness (QED) is 0.665. The number of anilines is 1. The van der Waals surface area contributed by atoms with Gasteiger partial charge < -0.3 is 14.5 Å². The Kier molecular flexibility index (Phi) is 4.64. The molecule has 0 saturated carbocycles. The first-order valence-corrected chi connectivity index (χ1v) is 8.33. The van der Waals surface area contributed by atoms with Crippen molar-refractivity contribution in [1.29, 1.82) is 5.26 Å². The number of carbonyl (C=O) groups excluding carboxylic acids is 2. The van der Waals surface area contributed by atoms with Gasteiger partial charge in [-0.05, 0) is 40.2 Å². The Morgan fingerprint density at radius 2 is 2.08 bits per heavy atom. The summed E-state index contributed by atoms with van der Waals surface area (Å²) in [5.41, 5.74) is 0.762. The van der Waals surface area contributed by atoms with Crippen LogP contribution in [0.4, 0.5) is 5.69 Å². The lowest BCUT2D eigenvalue weighted by Gasteiger charge is -2.05. The number of ether oxygens (including phenoxy) is 1. The molecule has 2 aromatic heterocycles. The van der Waals surface area contributed by atoms with Crippen LogP contribution in [-0.2, 0) is 9.53 Å². The monoisotopic (exact) mass is 404 g/mol. The van der Waals surface area contributed by atoms with Gasteiger partial charge in [-0.15, -0.1) is 11.3 Å². The zero-order valence-electron chi connectivity index (χ0n) is 12.0. The van der Waals surface area contributed by atoms with Gasteiger partial charge in [-0.25, -0.2) is 4.79 Å². The van der Waals surface area contributed by atoms with E-state index in [9.17, 15) is 9.59 Å². The number of rotatable bonds is 4. The highest BCUT2D eigenvalue weighted by atomic mass is 79.9. The molecule has 1 N–H and O–H groups in total. The highest BCUT2D eigenvalue weighted by molar-refractivity contribution is 9.11. The molecule has 3 rings (SSSR count). The van der Waals surface area contributed by atoms with Crippen LogP contribution in [0.2, 0.25) is 0 Å². The first kappa shape index (κ1) is 16.2. The first-order chi connectivity index (χ1) is 11.6. The van der Waals surface area contributed by atoms with Gasteiger partial charge in [0.15, 0.2) is 6.61 Å². The molecule has 1 aromatic carbocycles. The van der Waals surface area contributed by atoms with Crippen LogP contribution in [0.15, 0.2) is 44.6 Å². The van der Waals surface area contributed by atoms with E-state index in [2.05, 4.69) is 21.2 Å². The molecular formula is C16H9BrN2O4S. The van der Waals surface area contributed by atoms with Gasteiger partial charge in [-0.2, -0.15) is 5.26 Å². The maximum absolute atomic E-state index is 12.0. The number of furan rings is 1. The predicted octanol–water partition coefficient (Wildman–Crippen LogP) is 3.92. The normalized spacial score (nSPS) is 10.3. The molecule has 8 heteroatoms. The topological polar surface area (TPSA) is 92.3 Å². The third-order valence-corrected chi connectivity index (χ3v) is 4.67. The Morgan fingerprint density at radius 3 is 2.79 bits per heavy atom. The van der Waals surface area contributed by atoms with Gasteiger partial charge in [-0.3, -0.25) is 4.79 Å². The molecule has 0 atom stereocenters. The zero-order valence-corrected chi connectivity index (χ0v) is 14.4. The lowest BCUT2D eigenvalue weighted by atomic mass is 10.2. The minimum atomic E-state index is -0.585. The second-order valence-corrected chi connectivity index (χ2v) is 7.11. The van der Waals surface area contributed by atoms with Crippen LogP contribution < -0.4 is 5.32 Å². The van der Waals surface area contributed by atoms with Gasteiger partial charge in [0.1, 0.15) is 22.2 Å². The van der Waals surface area contributed by atoms with E-state index in [1.165, 1.54) is 11.3 Å². The molecule has 0 aliphatic heterocycles. The lowest BCUT2D eigenvalue weighted by molar-refractivity contribution is -0.119. The summed E-state index contributed by atoms with van der Waals surface area (Å²) in [5, 5.41) is 12.3. The van der Waals surface area contributed by atoms with Crippen molar-refractivity contribution in [2.24, 2.45) is 0 Å². The Bertz CT molecular complexity index is 970. The van der Waals surface area contributed by atoms with Gasteiger partial charge in [0.25, 0.3) is 5.91 Å². The largest absolute Gasteiger partial charge is 0.451 e. The summed E-state index contributed by atoms with van der Waals surface area (Å²) in [6.45, 7) is -0.460.